The number of rotatable bonds is 8. The van der Waals surface area contributed by atoms with Gasteiger partial charge in [0.1, 0.15) is 52.0 Å². The van der Waals surface area contributed by atoms with Crippen LogP contribution in [0, 0.1) is 40.9 Å². The van der Waals surface area contributed by atoms with E-state index in [-0.39, 0.29) is 35.6 Å². The number of alkyl halides is 4. The van der Waals surface area contributed by atoms with Crippen molar-refractivity contribution in [2.75, 3.05) is 6.61 Å². The van der Waals surface area contributed by atoms with E-state index < -0.39 is 75.8 Å². The Morgan fingerprint density at radius 2 is 1.47 bits per heavy atom. The van der Waals surface area contributed by atoms with E-state index in [0.717, 1.165) is 36.8 Å². The van der Waals surface area contributed by atoms with Crippen molar-refractivity contribution < 1.29 is 53.4 Å². The van der Waals surface area contributed by atoms with E-state index in [9.17, 15) is 43.9 Å². The van der Waals surface area contributed by atoms with E-state index in [1.807, 2.05) is 6.92 Å². The summed E-state index contributed by atoms with van der Waals surface area (Å²) >= 11 is 0. The molecule has 0 saturated heterocycles. The first kappa shape index (κ1) is 31.5. The smallest absolute Gasteiger partial charge is 0.432 e. The molecular formula is C31H20F10O2. The van der Waals surface area contributed by atoms with Gasteiger partial charge < -0.3 is 9.47 Å². The molecule has 0 saturated carbocycles. The van der Waals surface area contributed by atoms with Gasteiger partial charge in [0.15, 0.2) is 12.3 Å². The molecule has 3 aromatic rings. The van der Waals surface area contributed by atoms with Gasteiger partial charge in [0.2, 0.25) is 0 Å². The van der Waals surface area contributed by atoms with Crippen molar-refractivity contribution in [2.45, 2.75) is 38.2 Å². The zero-order valence-electron chi connectivity index (χ0n) is 22.1. The normalized spacial score (nSPS) is 16.6. The van der Waals surface area contributed by atoms with Crippen LogP contribution >= 0.6 is 0 Å². The lowest BCUT2D eigenvalue weighted by molar-refractivity contribution is -0.225. The minimum absolute atomic E-state index is 0.0369. The van der Waals surface area contributed by atoms with Gasteiger partial charge in [-0.3, -0.25) is 0 Å². The SMILES string of the molecule is CCCCOc1cc(F)c(-c2ccc(C#Cc3cc(F)c(C(F)(F)OC4=CC(F)C(F)C(F)=C4)c(F)c3)c(F)c2)c(F)c1. The van der Waals surface area contributed by atoms with Crippen LogP contribution in [-0.2, 0) is 10.8 Å². The summed E-state index contributed by atoms with van der Waals surface area (Å²) in [4.78, 5) is 0. The van der Waals surface area contributed by atoms with Crippen molar-refractivity contribution in [3.63, 3.8) is 0 Å². The molecule has 0 amide bonds. The number of allylic oxidation sites excluding steroid dienone is 3. The highest BCUT2D eigenvalue weighted by molar-refractivity contribution is 5.67. The van der Waals surface area contributed by atoms with Gasteiger partial charge in [0, 0.05) is 23.8 Å². The molecule has 12 heteroatoms. The van der Waals surface area contributed by atoms with Gasteiger partial charge >= 0.3 is 6.11 Å². The summed E-state index contributed by atoms with van der Waals surface area (Å²) in [6.07, 6.45) is -8.40. The van der Waals surface area contributed by atoms with Crippen LogP contribution < -0.4 is 4.74 Å². The number of halogens is 10. The monoisotopic (exact) mass is 614 g/mol. The molecule has 1 aliphatic carbocycles. The van der Waals surface area contributed by atoms with Crippen molar-refractivity contribution >= 4 is 0 Å². The molecule has 0 N–H and O–H groups in total. The van der Waals surface area contributed by atoms with Gasteiger partial charge in [-0.2, -0.15) is 8.78 Å². The average Bonchev–Trinajstić information content (AvgIpc) is 2.90. The summed E-state index contributed by atoms with van der Waals surface area (Å²) in [6, 6.07) is 5.67. The summed E-state index contributed by atoms with van der Waals surface area (Å²) in [5.74, 6) is -5.33. The van der Waals surface area contributed by atoms with E-state index in [1.54, 1.807) is 0 Å². The first-order valence-electron chi connectivity index (χ1n) is 12.7. The fraction of sp³-hybridized carbons (Fsp3) is 0.226. The van der Waals surface area contributed by atoms with Crippen molar-refractivity contribution in [3.05, 3.63) is 112 Å². The zero-order valence-corrected chi connectivity index (χ0v) is 22.1. The number of hydrogen-bond donors (Lipinski definition) is 0. The van der Waals surface area contributed by atoms with Crippen LogP contribution in [0.1, 0.15) is 36.5 Å². The van der Waals surface area contributed by atoms with E-state index in [2.05, 4.69) is 16.6 Å². The van der Waals surface area contributed by atoms with Crippen LogP contribution in [-0.4, -0.2) is 19.0 Å². The third kappa shape index (κ3) is 7.16. The van der Waals surface area contributed by atoms with E-state index in [0.29, 0.717) is 18.6 Å². The Morgan fingerprint density at radius 3 is 2.05 bits per heavy atom. The Hall–Kier alpha value is -4.40. The van der Waals surface area contributed by atoms with E-state index in [1.165, 1.54) is 0 Å². The summed E-state index contributed by atoms with van der Waals surface area (Å²) < 4.78 is 151. The lowest BCUT2D eigenvalue weighted by Crippen LogP contribution is -2.25. The lowest BCUT2D eigenvalue weighted by atomic mass is 10.0. The maximum absolute atomic E-state index is 14.7. The first-order valence-corrected chi connectivity index (χ1v) is 12.7. The van der Waals surface area contributed by atoms with E-state index in [4.69, 9.17) is 4.74 Å². The fourth-order valence-corrected chi connectivity index (χ4v) is 4.00. The fourth-order valence-electron chi connectivity index (χ4n) is 4.00. The van der Waals surface area contributed by atoms with Gasteiger partial charge in [-0.05, 0) is 42.3 Å². The summed E-state index contributed by atoms with van der Waals surface area (Å²) in [6.45, 7) is 2.17. The topological polar surface area (TPSA) is 18.5 Å². The number of ether oxygens (including phenoxy) is 2. The van der Waals surface area contributed by atoms with Crippen molar-refractivity contribution in [2.24, 2.45) is 0 Å². The first-order chi connectivity index (χ1) is 20.3. The van der Waals surface area contributed by atoms with Crippen LogP contribution in [0.2, 0.25) is 0 Å². The molecule has 2 unspecified atom stereocenters. The van der Waals surface area contributed by atoms with Gasteiger partial charge in [0.25, 0.3) is 0 Å². The number of hydrogen-bond acceptors (Lipinski definition) is 2. The molecule has 226 valence electrons. The predicted octanol–water partition coefficient (Wildman–Crippen LogP) is 9.12. The molecule has 0 aliphatic heterocycles. The van der Waals surface area contributed by atoms with Crippen molar-refractivity contribution in [1.82, 2.24) is 0 Å². The third-order valence-electron chi connectivity index (χ3n) is 6.11. The zero-order chi connectivity index (χ0) is 31.5. The minimum Gasteiger partial charge on any atom is -0.493 e. The maximum atomic E-state index is 14.7. The Labute approximate surface area is 239 Å². The van der Waals surface area contributed by atoms with Crippen LogP contribution in [0.5, 0.6) is 5.75 Å². The molecule has 0 aromatic heterocycles. The minimum atomic E-state index is -4.78. The van der Waals surface area contributed by atoms with Crippen molar-refractivity contribution in [1.29, 1.82) is 0 Å². The second-order valence-corrected chi connectivity index (χ2v) is 9.29. The van der Waals surface area contributed by atoms with Crippen LogP contribution in [0.25, 0.3) is 11.1 Å². The molecule has 2 atom stereocenters. The summed E-state index contributed by atoms with van der Waals surface area (Å²) in [5, 5.41) is 0. The van der Waals surface area contributed by atoms with E-state index >= 15 is 0 Å². The molecule has 0 radical (unpaired) electrons. The molecule has 4 rings (SSSR count). The highest BCUT2D eigenvalue weighted by Gasteiger charge is 2.42. The third-order valence-corrected chi connectivity index (χ3v) is 6.11. The van der Waals surface area contributed by atoms with Gasteiger partial charge in [-0.1, -0.05) is 31.3 Å². The van der Waals surface area contributed by atoms with Gasteiger partial charge in [0.05, 0.1) is 17.7 Å². The molecule has 0 spiro atoms. The van der Waals surface area contributed by atoms with Crippen LogP contribution in [0.15, 0.2) is 66.2 Å². The lowest BCUT2D eigenvalue weighted by Gasteiger charge is -2.23. The molecular weight excluding hydrogens is 594 g/mol. The highest BCUT2D eigenvalue weighted by Crippen LogP contribution is 2.38. The largest absolute Gasteiger partial charge is 0.493 e. The second-order valence-electron chi connectivity index (χ2n) is 9.29. The molecule has 2 nitrogen and oxygen atoms in total. The molecule has 3 aromatic carbocycles. The van der Waals surface area contributed by atoms with Crippen molar-refractivity contribution in [3.8, 4) is 28.7 Å². The molecule has 0 fully saturated rings. The number of unbranched alkanes of at least 4 members (excludes halogenated alkanes) is 1. The molecule has 0 bridgehead atoms. The Bertz CT molecular complexity index is 1610. The Morgan fingerprint density at radius 1 is 0.814 bits per heavy atom. The molecule has 0 heterocycles. The summed E-state index contributed by atoms with van der Waals surface area (Å²) in [5.41, 5.74) is -3.50. The van der Waals surface area contributed by atoms with Crippen LogP contribution in [0.4, 0.5) is 43.9 Å². The molecule has 1 aliphatic rings. The standard InChI is InChI=1S/C31H20F10O2/c1-2-3-8-42-19-12-22(33)28(23(34)13-19)18-7-6-17(21(32)11-18)5-4-16-9-24(35)29(25(36)10-16)31(40,41)43-20-14-26(37)30(39)27(38)15-20/h6-7,9-15,26,30H,2-3,8H2,1H3. The Balaban J connectivity index is 1.55. The highest BCUT2D eigenvalue weighted by atomic mass is 19.3. The Kier molecular flexibility index (Phi) is 9.43. The molecule has 43 heavy (non-hydrogen) atoms. The quantitative estimate of drug-likeness (QED) is 0.143. The van der Waals surface area contributed by atoms with Crippen LogP contribution in [0.3, 0.4) is 0 Å². The maximum Gasteiger partial charge on any atom is 0.432 e. The number of benzene rings is 3. The average molecular weight is 614 g/mol. The van der Waals surface area contributed by atoms with Gasteiger partial charge in [-0.25, -0.2) is 35.1 Å². The van der Waals surface area contributed by atoms with Gasteiger partial charge in [-0.15, -0.1) is 0 Å². The predicted molar refractivity (Wildman–Crippen MR) is 137 cm³/mol. The summed E-state index contributed by atoms with van der Waals surface area (Å²) in [7, 11) is 0. The second kappa shape index (κ2) is 12.9.